The second kappa shape index (κ2) is 6.84. The van der Waals surface area contributed by atoms with Crippen LogP contribution >= 0.6 is 11.8 Å². The van der Waals surface area contributed by atoms with Gasteiger partial charge in [-0.1, -0.05) is 0 Å². The number of aromatic carboxylic acids is 1. The summed E-state index contributed by atoms with van der Waals surface area (Å²) in [6.45, 7) is 7.41. The molecule has 0 bridgehead atoms. The minimum absolute atomic E-state index is 0.0703. The molecule has 0 saturated carbocycles. The first kappa shape index (κ1) is 18.3. The van der Waals surface area contributed by atoms with Crippen molar-refractivity contribution in [3.63, 3.8) is 0 Å². The summed E-state index contributed by atoms with van der Waals surface area (Å²) in [5, 5.41) is 12.1. The monoisotopic (exact) mass is 350 g/mol. The number of carbonyl (C=O) groups is 3. The lowest BCUT2D eigenvalue weighted by molar-refractivity contribution is -0.125. The first-order chi connectivity index (χ1) is 11.1. The van der Waals surface area contributed by atoms with Gasteiger partial charge in [-0.3, -0.25) is 9.59 Å². The van der Waals surface area contributed by atoms with Gasteiger partial charge in [0.25, 0.3) is 5.91 Å². The molecule has 1 heterocycles. The van der Waals surface area contributed by atoms with Crippen molar-refractivity contribution in [1.82, 2.24) is 10.2 Å². The van der Waals surface area contributed by atoms with Gasteiger partial charge in [0.2, 0.25) is 5.91 Å². The van der Waals surface area contributed by atoms with Gasteiger partial charge in [-0.05, 0) is 51.5 Å². The zero-order chi connectivity index (χ0) is 18.1. The van der Waals surface area contributed by atoms with Crippen LogP contribution in [-0.2, 0) is 4.79 Å². The standard InChI is InChI=1S/C17H22N2O4S/c1-10-5-11(7-12(6-10)16(22)23)15(21)19-9-24-8-13(19)14(20)18-17(2,3)4/h5-7,13H,8-9H2,1-4H3,(H,18,20)(H,22,23). The van der Waals surface area contributed by atoms with Crippen LogP contribution in [0, 0.1) is 6.92 Å². The molecule has 1 saturated heterocycles. The molecule has 1 aromatic carbocycles. The van der Waals surface area contributed by atoms with E-state index in [-0.39, 0.29) is 22.9 Å². The molecule has 2 amide bonds. The molecule has 0 spiro atoms. The molecule has 1 aliphatic rings. The Bertz CT molecular complexity index is 682. The van der Waals surface area contributed by atoms with Crippen LogP contribution in [0.3, 0.4) is 0 Å². The van der Waals surface area contributed by atoms with Crippen LogP contribution < -0.4 is 5.32 Å². The van der Waals surface area contributed by atoms with E-state index in [1.165, 1.54) is 28.8 Å². The molecule has 0 aliphatic carbocycles. The van der Waals surface area contributed by atoms with Crippen molar-refractivity contribution in [2.45, 2.75) is 39.3 Å². The summed E-state index contributed by atoms with van der Waals surface area (Å²) >= 11 is 1.51. The van der Waals surface area contributed by atoms with Crippen LogP contribution in [0.15, 0.2) is 18.2 Å². The number of nitrogens with zero attached hydrogens (tertiary/aromatic N) is 1. The lowest BCUT2D eigenvalue weighted by atomic mass is 10.0. The molecule has 24 heavy (non-hydrogen) atoms. The van der Waals surface area contributed by atoms with Crippen molar-refractivity contribution in [3.8, 4) is 0 Å². The molecule has 1 atom stereocenters. The van der Waals surface area contributed by atoms with E-state index in [0.717, 1.165) is 0 Å². The molecule has 1 aliphatic heterocycles. The Morgan fingerprint density at radius 1 is 1.21 bits per heavy atom. The van der Waals surface area contributed by atoms with Crippen LogP contribution in [-0.4, -0.2) is 51.0 Å². The lowest BCUT2D eigenvalue weighted by Crippen LogP contribution is -2.52. The van der Waals surface area contributed by atoms with E-state index in [4.69, 9.17) is 5.11 Å². The number of carbonyl (C=O) groups excluding carboxylic acids is 2. The van der Waals surface area contributed by atoms with E-state index in [1.54, 1.807) is 13.0 Å². The molecule has 130 valence electrons. The zero-order valence-electron chi connectivity index (χ0n) is 14.3. The highest BCUT2D eigenvalue weighted by molar-refractivity contribution is 7.99. The summed E-state index contributed by atoms with van der Waals surface area (Å²) < 4.78 is 0. The summed E-state index contributed by atoms with van der Waals surface area (Å²) in [6, 6.07) is 3.98. The average Bonchev–Trinajstić information content (AvgIpc) is 2.93. The fraction of sp³-hybridized carbons (Fsp3) is 0.471. The highest BCUT2D eigenvalue weighted by Gasteiger charge is 2.36. The first-order valence-electron chi connectivity index (χ1n) is 7.64. The van der Waals surface area contributed by atoms with Crippen LogP contribution in [0.25, 0.3) is 0 Å². The van der Waals surface area contributed by atoms with E-state index in [2.05, 4.69) is 5.32 Å². The maximum Gasteiger partial charge on any atom is 0.335 e. The van der Waals surface area contributed by atoms with Crippen LogP contribution in [0.2, 0.25) is 0 Å². The molecule has 0 radical (unpaired) electrons. The molecule has 7 heteroatoms. The molecular formula is C17H22N2O4S. The van der Waals surface area contributed by atoms with Gasteiger partial charge in [0.05, 0.1) is 11.4 Å². The number of carboxylic acid groups (broad SMARTS) is 1. The Labute approximate surface area is 145 Å². The van der Waals surface area contributed by atoms with Gasteiger partial charge in [-0.15, -0.1) is 11.8 Å². The third-order valence-corrected chi connectivity index (χ3v) is 4.53. The van der Waals surface area contributed by atoms with Crippen molar-refractivity contribution in [3.05, 3.63) is 34.9 Å². The highest BCUT2D eigenvalue weighted by atomic mass is 32.2. The molecule has 1 unspecified atom stereocenters. The molecule has 0 aromatic heterocycles. The van der Waals surface area contributed by atoms with E-state index in [0.29, 0.717) is 22.8 Å². The van der Waals surface area contributed by atoms with Crippen molar-refractivity contribution < 1.29 is 19.5 Å². The largest absolute Gasteiger partial charge is 0.478 e. The third kappa shape index (κ3) is 4.29. The maximum absolute atomic E-state index is 12.8. The Morgan fingerprint density at radius 2 is 1.83 bits per heavy atom. The van der Waals surface area contributed by atoms with Gasteiger partial charge in [0.15, 0.2) is 0 Å². The fourth-order valence-corrected chi connectivity index (χ4v) is 3.66. The summed E-state index contributed by atoms with van der Waals surface area (Å²) in [5.74, 6) is -0.638. The van der Waals surface area contributed by atoms with Crippen molar-refractivity contribution in [1.29, 1.82) is 0 Å². The molecule has 6 nitrogen and oxygen atoms in total. The Morgan fingerprint density at radius 3 is 2.42 bits per heavy atom. The number of amides is 2. The number of rotatable bonds is 3. The van der Waals surface area contributed by atoms with Crippen molar-refractivity contribution in [2.24, 2.45) is 0 Å². The zero-order valence-corrected chi connectivity index (χ0v) is 15.1. The van der Waals surface area contributed by atoms with Gasteiger partial charge < -0.3 is 15.3 Å². The molecule has 1 fully saturated rings. The predicted molar refractivity (Wildman–Crippen MR) is 93.3 cm³/mol. The topological polar surface area (TPSA) is 86.7 Å². The van der Waals surface area contributed by atoms with E-state index >= 15 is 0 Å². The van der Waals surface area contributed by atoms with Gasteiger partial charge in [0, 0.05) is 16.9 Å². The Kier molecular flexibility index (Phi) is 5.22. The summed E-state index contributed by atoms with van der Waals surface area (Å²) in [5.41, 5.74) is 0.684. The Balaban J connectivity index is 2.25. The van der Waals surface area contributed by atoms with Gasteiger partial charge >= 0.3 is 5.97 Å². The predicted octanol–water partition coefficient (Wildman–Crippen LogP) is 2.12. The van der Waals surface area contributed by atoms with Crippen molar-refractivity contribution >= 4 is 29.5 Å². The maximum atomic E-state index is 12.8. The van der Waals surface area contributed by atoms with E-state index in [1.807, 2.05) is 20.8 Å². The van der Waals surface area contributed by atoms with E-state index < -0.39 is 12.0 Å². The molecule has 2 rings (SSSR count). The van der Waals surface area contributed by atoms with Crippen LogP contribution in [0.4, 0.5) is 0 Å². The summed E-state index contributed by atoms with van der Waals surface area (Å²) in [4.78, 5) is 37.9. The van der Waals surface area contributed by atoms with Crippen LogP contribution in [0.1, 0.15) is 47.1 Å². The third-order valence-electron chi connectivity index (χ3n) is 3.52. The number of carboxylic acids is 1. The average molecular weight is 350 g/mol. The van der Waals surface area contributed by atoms with Crippen molar-refractivity contribution in [2.75, 3.05) is 11.6 Å². The summed E-state index contributed by atoms with van der Waals surface area (Å²) in [6.07, 6.45) is 0. The van der Waals surface area contributed by atoms with Gasteiger partial charge in [0.1, 0.15) is 6.04 Å². The minimum Gasteiger partial charge on any atom is -0.478 e. The molecule has 2 N–H and O–H groups in total. The minimum atomic E-state index is -1.08. The van der Waals surface area contributed by atoms with E-state index in [9.17, 15) is 14.4 Å². The van der Waals surface area contributed by atoms with Crippen LogP contribution in [0.5, 0.6) is 0 Å². The number of thioether (sulfide) groups is 1. The number of aryl methyl sites for hydroxylation is 1. The SMILES string of the molecule is Cc1cc(C(=O)O)cc(C(=O)N2CSCC2C(=O)NC(C)(C)C)c1. The number of benzene rings is 1. The normalized spacial score (nSPS) is 17.7. The summed E-state index contributed by atoms with van der Waals surface area (Å²) in [7, 11) is 0. The quantitative estimate of drug-likeness (QED) is 0.872. The molecule has 1 aromatic rings. The highest BCUT2D eigenvalue weighted by Crippen LogP contribution is 2.24. The fourth-order valence-electron chi connectivity index (χ4n) is 2.51. The number of hydrogen-bond acceptors (Lipinski definition) is 4. The first-order valence-corrected chi connectivity index (χ1v) is 8.80. The second-order valence-electron chi connectivity index (χ2n) is 6.92. The van der Waals surface area contributed by atoms with Gasteiger partial charge in [-0.2, -0.15) is 0 Å². The number of hydrogen-bond donors (Lipinski definition) is 2. The number of nitrogens with one attached hydrogen (secondary N) is 1. The lowest BCUT2D eigenvalue weighted by Gasteiger charge is -2.27. The smallest absolute Gasteiger partial charge is 0.335 e. The Hall–Kier alpha value is -2.02. The van der Waals surface area contributed by atoms with Gasteiger partial charge in [-0.25, -0.2) is 4.79 Å². The second-order valence-corrected chi connectivity index (χ2v) is 7.92. The molecular weight excluding hydrogens is 328 g/mol.